The number of aryl methyl sites for hydroxylation is 2. The molecule has 1 aromatic heterocycles. The number of nitrogens with zero attached hydrogens (tertiary/aromatic N) is 4. The lowest BCUT2D eigenvalue weighted by atomic mass is 10.1. The number of nitriles is 1. The van der Waals surface area contributed by atoms with Crippen molar-refractivity contribution in [3.05, 3.63) is 88.8 Å². The zero-order valence-corrected chi connectivity index (χ0v) is 18.9. The quantitative estimate of drug-likeness (QED) is 0.452. The number of amides is 1. The largest absolute Gasteiger partial charge is 0.368 e. The Morgan fingerprint density at radius 1 is 0.938 bits per heavy atom. The predicted octanol–water partition coefficient (Wildman–Crippen LogP) is 4.66. The van der Waals surface area contributed by atoms with Crippen molar-refractivity contribution in [3.63, 3.8) is 0 Å². The molecule has 5 heteroatoms. The summed E-state index contributed by atoms with van der Waals surface area (Å²) >= 11 is 0. The van der Waals surface area contributed by atoms with E-state index >= 15 is 0 Å². The summed E-state index contributed by atoms with van der Waals surface area (Å²) in [5.41, 5.74) is 6.64. The van der Waals surface area contributed by atoms with Crippen LogP contribution >= 0.6 is 0 Å². The van der Waals surface area contributed by atoms with Crippen LogP contribution in [0.4, 0.5) is 5.69 Å². The zero-order chi connectivity index (χ0) is 22.7. The topological polar surface area (TPSA) is 52.3 Å². The van der Waals surface area contributed by atoms with Crippen LogP contribution in [0.5, 0.6) is 0 Å². The Hall–Kier alpha value is -3.78. The van der Waals surface area contributed by atoms with Crippen molar-refractivity contribution in [3.8, 4) is 11.8 Å². The minimum absolute atomic E-state index is 0.184. The van der Waals surface area contributed by atoms with E-state index in [4.69, 9.17) is 0 Å². The maximum absolute atomic E-state index is 13.1. The Bertz CT molecular complexity index is 1190. The summed E-state index contributed by atoms with van der Waals surface area (Å²) in [5.74, 6) is -0.194. The highest BCUT2D eigenvalue weighted by Gasteiger charge is 2.24. The van der Waals surface area contributed by atoms with Crippen LogP contribution < -0.4 is 4.90 Å². The normalized spacial score (nSPS) is 14.4. The number of hydrogen-bond donors (Lipinski definition) is 0. The van der Waals surface area contributed by atoms with Crippen LogP contribution in [0, 0.1) is 32.1 Å². The highest BCUT2D eigenvalue weighted by molar-refractivity contribution is 6.02. The SMILES string of the molecule is Cc1ccccc1-n1c(C)cc(/C=C(/C#N)C(=O)N2CCN(c3ccccc3)CC2)c1C. The molecule has 1 fully saturated rings. The van der Waals surface area contributed by atoms with Gasteiger partial charge in [0.1, 0.15) is 11.6 Å². The van der Waals surface area contributed by atoms with Gasteiger partial charge in [-0.25, -0.2) is 0 Å². The average Bonchev–Trinajstić information content (AvgIpc) is 3.10. The molecule has 2 aromatic carbocycles. The van der Waals surface area contributed by atoms with Gasteiger partial charge in [0.2, 0.25) is 0 Å². The Morgan fingerprint density at radius 3 is 2.25 bits per heavy atom. The van der Waals surface area contributed by atoms with Crippen LogP contribution in [0.3, 0.4) is 0 Å². The second-order valence-electron chi connectivity index (χ2n) is 8.23. The summed E-state index contributed by atoms with van der Waals surface area (Å²) in [4.78, 5) is 17.2. The van der Waals surface area contributed by atoms with Crippen molar-refractivity contribution in [1.29, 1.82) is 5.26 Å². The Labute approximate surface area is 189 Å². The summed E-state index contributed by atoms with van der Waals surface area (Å²) < 4.78 is 2.18. The molecule has 1 aliphatic heterocycles. The molecular formula is C27H28N4O. The molecule has 0 saturated carbocycles. The fourth-order valence-corrected chi connectivity index (χ4v) is 4.39. The van der Waals surface area contributed by atoms with Crippen molar-refractivity contribution in [2.24, 2.45) is 0 Å². The molecule has 1 amide bonds. The lowest BCUT2D eigenvalue weighted by Gasteiger charge is -2.36. The molecule has 0 bridgehead atoms. The van der Waals surface area contributed by atoms with E-state index in [2.05, 4.69) is 46.7 Å². The first-order valence-corrected chi connectivity index (χ1v) is 11.0. The number of benzene rings is 2. The molecule has 0 aliphatic carbocycles. The van der Waals surface area contributed by atoms with Gasteiger partial charge in [-0.3, -0.25) is 4.79 Å². The minimum atomic E-state index is -0.194. The Balaban J connectivity index is 1.54. The van der Waals surface area contributed by atoms with E-state index in [1.165, 1.54) is 11.3 Å². The highest BCUT2D eigenvalue weighted by atomic mass is 16.2. The summed E-state index contributed by atoms with van der Waals surface area (Å²) in [5, 5.41) is 9.76. The number of carbonyl (C=O) groups is 1. The third-order valence-electron chi connectivity index (χ3n) is 6.17. The van der Waals surface area contributed by atoms with Crippen molar-refractivity contribution in [1.82, 2.24) is 9.47 Å². The van der Waals surface area contributed by atoms with Gasteiger partial charge in [0.25, 0.3) is 5.91 Å². The molecule has 0 spiro atoms. The number of rotatable bonds is 4. The smallest absolute Gasteiger partial charge is 0.264 e. The van der Waals surface area contributed by atoms with Crippen LogP contribution in [-0.2, 0) is 4.79 Å². The molecule has 1 aliphatic rings. The molecule has 5 nitrogen and oxygen atoms in total. The Kier molecular flexibility index (Phi) is 6.13. The van der Waals surface area contributed by atoms with Gasteiger partial charge in [0.15, 0.2) is 0 Å². The lowest BCUT2D eigenvalue weighted by molar-refractivity contribution is -0.126. The number of aromatic nitrogens is 1. The first-order valence-electron chi connectivity index (χ1n) is 11.0. The molecule has 0 N–H and O–H groups in total. The summed E-state index contributed by atoms with van der Waals surface area (Å²) in [7, 11) is 0. The van der Waals surface area contributed by atoms with Crippen molar-refractivity contribution in [2.75, 3.05) is 31.1 Å². The fraction of sp³-hybridized carbons (Fsp3) is 0.259. The van der Waals surface area contributed by atoms with E-state index in [0.29, 0.717) is 13.1 Å². The second-order valence-corrected chi connectivity index (χ2v) is 8.23. The first kappa shape index (κ1) is 21.5. The second kappa shape index (κ2) is 9.15. The molecule has 0 radical (unpaired) electrons. The molecule has 0 atom stereocenters. The molecular weight excluding hydrogens is 396 g/mol. The van der Waals surface area contributed by atoms with Crippen molar-refractivity contribution >= 4 is 17.7 Å². The van der Waals surface area contributed by atoms with Gasteiger partial charge < -0.3 is 14.4 Å². The summed E-state index contributed by atoms with van der Waals surface area (Å²) in [6.45, 7) is 8.90. The lowest BCUT2D eigenvalue weighted by Crippen LogP contribution is -2.49. The molecule has 0 unspecified atom stereocenters. The highest BCUT2D eigenvalue weighted by Crippen LogP contribution is 2.25. The van der Waals surface area contributed by atoms with Gasteiger partial charge in [-0.2, -0.15) is 5.26 Å². The number of hydrogen-bond acceptors (Lipinski definition) is 3. The standard InChI is InChI=1S/C27H28N4O/c1-20-9-7-8-12-26(20)31-21(2)17-23(22(31)3)18-24(19-28)27(32)30-15-13-29(14-16-30)25-10-5-4-6-11-25/h4-12,17-18H,13-16H2,1-3H3/b24-18-. The molecule has 32 heavy (non-hydrogen) atoms. The molecule has 3 aromatic rings. The number of piperazine rings is 1. The molecule has 2 heterocycles. The summed E-state index contributed by atoms with van der Waals surface area (Å²) in [6.07, 6.45) is 1.74. The van der Waals surface area contributed by atoms with E-state index < -0.39 is 0 Å². The first-order chi connectivity index (χ1) is 15.5. The third kappa shape index (κ3) is 4.17. The van der Waals surface area contributed by atoms with E-state index in [-0.39, 0.29) is 11.5 Å². The molecule has 162 valence electrons. The number of para-hydroxylation sites is 2. The number of anilines is 1. The minimum Gasteiger partial charge on any atom is -0.368 e. The monoisotopic (exact) mass is 424 g/mol. The van der Waals surface area contributed by atoms with E-state index in [0.717, 1.165) is 35.7 Å². The van der Waals surface area contributed by atoms with Crippen LogP contribution in [0.2, 0.25) is 0 Å². The van der Waals surface area contributed by atoms with Crippen LogP contribution in [0.1, 0.15) is 22.5 Å². The van der Waals surface area contributed by atoms with Gasteiger partial charge in [-0.1, -0.05) is 36.4 Å². The predicted molar refractivity (Wildman–Crippen MR) is 129 cm³/mol. The van der Waals surface area contributed by atoms with Gasteiger partial charge in [0.05, 0.1) is 0 Å². The van der Waals surface area contributed by atoms with Gasteiger partial charge >= 0.3 is 0 Å². The zero-order valence-electron chi connectivity index (χ0n) is 18.9. The summed E-state index contributed by atoms with van der Waals surface area (Å²) in [6, 6.07) is 22.6. The van der Waals surface area contributed by atoms with Gasteiger partial charge in [-0.05, 0) is 62.2 Å². The van der Waals surface area contributed by atoms with E-state index in [1.807, 2.05) is 50.2 Å². The maximum atomic E-state index is 13.1. The van der Waals surface area contributed by atoms with E-state index in [9.17, 15) is 10.1 Å². The fourth-order valence-electron chi connectivity index (χ4n) is 4.39. The van der Waals surface area contributed by atoms with Crippen molar-refractivity contribution in [2.45, 2.75) is 20.8 Å². The number of carbonyl (C=O) groups excluding carboxylic acids is 1. The van der Waals surface area contributed by atoms with Crippen LogP contribution in [0.15, 0.2) is 66.2 Å². The average molecular weight is 425 g/mol. The third-order valence-corrected chi connectivity index (χ3v) is 6.17. The molecule has 1 saturated heterocycles. The van der Waals surface area contributed by atoms with Crippen LogP contribution in [-0.4, -0.2) is 41.6 Å². The van der Waals surface area contributed by atoms with Crippen LogP contribution in [0.25, 0.3) is 11.8 Å². The maximum Gasteiger partial charge on any atom is 0.264 e. The van der Waals surface area contributed by atoms with Gasteiger partial charge in [-0.15, -0.1) is 0 Å². The van der Waals surface area contributed by atoms with Gasteiger partial charge in [0, 0.05) is 48.9 Å². The molecule has 4 rings (SSSR count). The van der Waals surface area contributed by atoms with Crippen molar-refractivity contribution < 1.29 is 4.79 Å². The Morgan fingerprint density at radius 2 is 1.59 bits per heavy atom. The van der Waals surface area contributed by atoms with E-state index in [1.54, 1.807) is 11.0 Å².